The van der Waals surface area contributed by atoms with Gasteiger partial charge in [-0.15, -0.1) is 0 Å². The molecule has 1 aromatic heterocycles. The highest BCUT2D eigenvalue weighted by molar-refractivity contribution is 6.30. The Hall–Kier alpha value is -1.55. The van der Waals surface area contributed by atoms with Crippen molar-refractivity contribution in [3.63, 3.8) is 0 Å². The normalized spacial score (nSPS) is 10.4. The van der Waals surface area contributed by atoms with Crippen LogP contribution in [0.3, 0.4) is 0 Å². The van der Waals surface area contributed by atoms with Crippen LogP contribution >= 0.6 is 11.6 Å². The number of benzene rings is 1. The SMILES string of the molecule is CNc1nc(Cc2ccc(Cl)cc2)nn1C. The summed E-state index contributed by atoms with van der Waals surface area (Å²) in [6, 6.07) is 7.72. The van der Waals surface area contributed by atoms with E-state index in [-0.39, 0.29) is 0 Å². The summed E-state index contributed by atoms with van der Waals surface area (Å²) in [4.78, 5) is 4.35. The molecule has 0 amide bonds. The molecular weight excluding hydrogens is 224 g/mol. The molecule has 0 saturated heterocycles. The molecular formula is C11H13ClN4. The van der Waals surface area contributed by atoms with Crippen LogP contribution in [0.2, 0.25) is 5.02 Å². The van der Waals surface area contributed by atoms with Crippen molar-refractivity contribution in [2.24, 2.45) is 7.05 Å². The van der Waals surface area contributed by atoms with Gasteiger partial charge in [-0.25, -0.2) is 4.68 Å². The van der Waals surface area contributed by atoms with Gasteiger partial charge in [0.15, 0.2) is 5.82 Å². The lowest BCUT2D eigenvalue weighted by Gasteiger charge is -1.96. The average Bonchev–Trinajstić information content (AvgIpc) is 2.62. The van der Waals surface area contributed by atoms with Crippen molar-refractivity contribution < 1.29 is 0 Å². The molecule has 4 nitrogen and oxygen atoms in total. The summed E-state index contributed by atoms with van der Waals surface area (Å²) in [5.74, 6) is 1.57. The van der Waals surface area contributed by atoms with Gasteiger partial charge >= 0.3 is 0 Å². The number of nitrogens with zero attached hydrogens (tertiary/aromatic N) is 3. The van der Waals surface area contributed by atoms with Gasteiger partial charge in [-0.1, -0.05) is 23.7 Å². The van der Waals surface area contributed by atoms with E-state index < -0.39 is 0 Å². The molecule has 1 aromatic carbocycles. The minimum absolute atomic E-state index is 0.715. The predicted octanol–water partition coefficient (Wildman–Crippen LogP) is 2.10. The highest BCUT2D eigenvalue weighted by Crippen LogP contribution is 2.12. The number of rotatable bonds is 3. The van der Waals surface area contributed by atoms with E-state index in [2.05, 4.69) is 15.4 Å². The van der Waals surface area contributed by atoms with Crippen molar-refractivity contribution in [2.45, 2.75) is 6.42 Å². The molecule has 0 aliphatic rings. The fraction of sp³-hybridized carbons (Fsp3) is 0.273. The zero-order valence-electron chi connectivity index (χ0n) is 9.24. The molecule has 0 aliphatic heterocycles. The number of aryl methyl sites for hydroxylation is 1. The summed E-state index contributed by atoms with van der Waals surface area (Å²) in [7, 11) is 3.69. The van der Waals surface area contributed by atoms with Crippen molar-refractivity contribution in [3.8, 4) is 0 Å². The minimum atomic E-state index is 0.715. The lowest BCUT2D eigenvalue weighted by Crippen LogP contribution is -1.98. The van der Waals surface area contributed by atoms with Gasteiger partial charge in [-0.3, -0.25) is 0 Å². The molecule has 2 aromatic rings. The third kappa shape index (κ3) is 2.33. The average molecular weight is 237 g/mol. The van der Waals surface area contributed by atoms with Crippen LogP contribution in [0, 0.1) is 0 Å². The van der Waals surface area contributed by atoms with E-state index >= 15 is 0 Å². The lowest BCUT2D eigenvalue weighted by molar-refractivity contribution is 0.755. The maximum absolute atomic E-state index is 5.82. The van der Waals surface area contributed by atoms with Crippen LogP contribution in [0.4, 0.5) is 5.95 Å². The molecule has 16 heavy (non-hydrogen) atoms. The molecule has 2 rings (SSSR count). The van der Waals surface area contributed by atoms with E-state index in [1.54, 1.807) is 4.68 Å². The van der Waals surface area contributed by atoms with Gasteiger partial charge in [0.1, 0.15) is 0 Å². The number of nitrogens with one attached hydrogen (secondary N) is 1. The zero-order chi connectivity index (χ0) is 11.5. The van der Waals surface area contributed by atoms with Gasteiger partial charge in [-0.2, -0.15) is 10.1 Å². The number of aromatic nitrogens is 3. The van der Waals surface area contributed by atoms with E-state index in [0.29, 0.717) is 6.42 Å². The van der Waals surface area contributed by atoms with Crippen LogP contribution in [0.15, 0.2) is 24.3 Å². The smallest absolute Gasteiger partial charge is 0.220 e. The van der Waals surface area contributed by atoms with Crippen molar-refractivity contribution in [3.05, 3.63) is 40.7 Å². The van der Waals surface area contributed by atoms with Crippen LogP contribution in [0.5, 0.6) is 0 Å². The van der Waals surface area contributed by atoms with Gasteiger partial charge < -0.3 is 5.32 Å². The summed E-state index contributed by atoms with van der Waals surface area (Å²) in [5, 5.41) is 8.03. The topological polar surface area (TPSA) is 42.7 Å². The predicted molar refractivity (Wildman–Crippen MR) is 64.8 cm³/mol. The maximum atomic E-state index is 5.82. The lowest BCUT2D eigenvalue weighted by atomic mass is 10.1. The first-order valence-electron chi connectivity index (χ1n) is 5.01. The van der Waals surface area contributed by atoms with Gasteiger partial charge in [0.2, 0.25) is 5.95 Å². The first-order chi connectivity index (χ1) is 7.69. The molecule has 0 aliphatic carbocycles. The van der Waals surface area contributed by atoms with Crippen LogP contribution < -0.4 is 5.32 Å². The molecule has 0 atom stereocenters. The minimum Gasteiger partial charge on any atom is -0.358 e. The van der Waals surface area contributed by atoms with E-state index in [0.717, 1.165) is 22.4 Å². The number of hydrogen-bond donors (Lipinski definition) is 1. The largest absolute Gasteiger partial charge is 0.358 e. The third-order valence-corrected chi connectivity index (χ3v) is 2.56. The van der Waals surface area contributed by atoms with E-state index in [9.17, 15) is 0 Å². The molecule has 0 radical (unpaired) electrons. The molecule has 5 heteroatoms. The summed E-state index contributed by atoms with van der Waals surface area (Å²) in [5.41, 5.74) is 1.15. The quantitative estimate of drug-likeness (QED) is 0.888. The van der Waals surface area contributed by atoms with Crippen LogP contribution in [0.1, 0.15) is 11.4 Å². The van der Waals surface area contributed by atoms with Gasteiger partial charge in [0, 0.05) is 25.5 Å². The Labute approximate surface area is 99.3 Å². The molecule has 0 bridgehead atoms. The first-order valence-corrected chi connectivity index (χ1v) is 5.39. The van der Waals surface area contributed by atoms with Gasteiger partial charge in [0.05, 0.1) is 0 Å². The highest BCUT2D eigenvalue weighted by atomic mass is 35.5. The number of anilines is 1. The summed E-state index contributed by atoms with van der Waals surface area (Å²) < 4.78 is 1.73. The molecule has 84 valence electrons. The molecule has 0 saturated carbocycles. The second-order valence-corrected chi connectivity index (χ2v) is 3.96. The molecule has 1 N–H and O–H groups in total. The fourth-order valence-electron chi connectivity index (χ4n) is 1.51. The Kier molecular flexibility index (Phi) is 3.10. The Bertz CT molecular complexity index is 475. The van der Waals surface area contributed by atoms with Crippen molar-refractivity contribution >= 4 is 17.5 Å². The third-order valence-electron chi connectivity index (χ3n) is 2.31. The van der Waals surface area contributed by atoms with E-state index in [1.165, 1.54) is 0 Å². The van der Waals surface area contributed by atoms with Crippen LogP contribution in [-0.2, 0) is 13.5 Å². The van der Waals surface area contributed by atoms with Crippen molar-refractivity contribution in [2.75, 3.05) is 12.4 Å². The summed E-state index contributed by atoms with van der Waals surface area (Å²) in [6.07, 6.45) is 0.715. The Morgan fingerprint density at radius 1 is 1.31 bits per heavy atom. The molecule has 0 fully saturated rings. The second kappa shape index (κ2) is 4.53. The summed E-state index contributed by atoms with van der Waals surface area (Å²) in [6.45, 7) is 0. The molecule has 0 spiro atoms. The molecule has 0 unspecified atom stereocenters. The van der Waals surface area contributed by atoms with Crippen molar-refractivity contribution in [1.82, 2.24) is 14.8 Å². The number of halogens is 1. The van der Waals surface area contributed by atoms with Gasteiger partial charge in [-0.05, 0) is 17.7 Å². The molecule has 1 heterocycles. The monoisotopic (exact) mass is 236 g/mol. The Morgan fingerprint density at radius 3 is 2.56 bits per heavy atom. The highest BCUT2D eigenvalue weighted by Gasteiger charge is 2.05. The second-order valence-electron chi connectivity index (χ2n) is 3.53. The van der Waals surface area contributed by atoms with Crippen molar-refractivity contribution in [1.29, 1.82) is 0 Å². The standard InChI is InChI=1S/C11H13ClN4/c1-13-11-14-10(15-16(11)2)7-8-3-5-9(12)6-4-8/h3-6H,7H2,1-2H3,(H,13,14,15). The number of hydrogen-bond acceptors (Lipinski definition) is 3. The van der Waals surface area contributed by atoms with E-state index in [1.807, 2.05) is 38.4 Å². The van der Waals surface area contributed by atoms with Crippen LogP contribution in [-0.4, -0.2) is 21.8 Å². The zero-order valence-corrected chi connectivity index (χ0v) is 9.99. The summed E-state index contributed by atoms with van der Waals surface area (Å²) >= 11 is 5.82. The van der Waals surface area contributed by atoms with E-state index in [4.69, 9.17) is 11.6 Å². The Morgan fingerprint density at radius 2 is 2.00 bits per heavy atom. The first kappa shape index (κ1) is 11.0. The van der Waals surface area contributed by atoms with Crippen LogP contribution in [0.25, 0.3) is 0 Å². The van der Waals surface area contributed by atoms with Gasteiger partial charge in [0.25, 0.3) is 0 Å². The maximum Gasteiger partial charge on any atom is 0.220 e. The fourth-order valence-corrected chi connectivity index (χ4v) is 1.64. The Balaban J connectivity index is 2.17.